The van der Waals surface area contributed by atoms with Gasteiger partial charge >= 0.3 is 0 Å². The lowest BCUT2D eigenvalue weighted by atomic mass is 9.96. The molecule has 2 heterocycles. The summed E-state index contributed by atoms with van der Waals surface area (Å²) in [6.45, 7) is 0.504. The summed E-state index contributed by atoms with van der Waals surface area (Å²) in [5.74, 6) is -0.512. The maximum Gasteiger partial charge on any atom is 0.243 e. The number of aryl methyl sites for hydroxylation is 1. The monoisotopic (exact) mass is 456 g/mol. The van der Waals surface area contributed by atoms with Crippen LogP contribution in [-0.2, 0) is 21.9 Å². The largest absolute Gasteiger partial charge is 0.342 e. The number of benzene rings is 2. The topological polar surface area (TPSA) is 84.3 Å². The van der Waals surface area contributed by atoms with Crippen molar-refractivity contribution in [2.45, 2.75) is 23.8 Å². The van der Waals surface area contributed by atoms with Gasteiger partial charge in [-0.1, -0.05) is 36.4 Å². The van der Waals surface area contributed by atoms with E-state index in [0.29, 0.717) is 24.2 Å². The number of aromatic nitrogens is 2. The van der Waals surface area contributed by atoms with E-state index in [0.717, 1.165) is 0 Å². The molecule has 1 fully saturated rings. The number of halogens is 1. The molecule has 1 aliphatic rings. The molecule has 32 heavy (non-hydrogen) atoms. The lowest BCUT2D eigenvalue weighted by Crippen LogP contribution is -2.44. The zero-order chi connectivity index (χ0) is 22.7. The molecular weight excluding hydrogens is 431 g/mol. The summed E-state index contributed by atoms with van der Waals surface area (Å²) < 4.78 is 43.4. The first-order valence-electron chi connectivity index (χ1n) is 10.4. The minimum Gasteiger partial charge on any atom is -0.342 e. The molecule has 1 atom stereocenters. The summed E-state index contributed by atoms with van der Waals surface area (Å²) in [4.78, 5) is 17.6. The molecule has 0 spiro atoms. The second-order valence-corrected chi connectivity index (χ2v) is 9.79. The van der Waals surface area contributed by atoms with E-state index in [1.807, 2.05) is 0 Å². The van der Waals surface area contributed by atoms with Crippen LogP contribution in [0.25, 0.3) is 0 Å². The van der Waals surface area contributed by atoms with E-state index in [4.69, 9.17) is 0 Å². The Labute approximate surface area is 186 Å². The van der Waals surface area contributed by atoms with Gasteiger partial charge in [0.05, 0.1) is 4.90 Å². The van der Waals surface area contributed by atoms with Crippen LogP contribution in [0.15, 0.2) is 71.9 Å². The van der Waals surface area contributed by atoms with Crippen LogP contribution in [0.4, 0.5) is 4.39 Å². The molecule has 1 saturated heterocycles. The zero-order valence-corrected chi connectivity index (χ0v) is 18.5. The lowest BCUT2D eigenvalue weighted by Gasteiger charge is -2.31. The van der Waals surface area contributed by atoms with Crippen molar-refractivity contribution in [1.82, 2.24) is 19.2 Å². The average molecular weight is 457 g/mol. The van der Waals surface area contributed by atoms with Crippen molar-refractivity contribution in [3.63, 3.8) is 0 Å². The highest BCUT2D eigenvalue weighted by Gasteiger charge is 2.33. The van der Waals surface area contributed by atoms with Crippen molar-refractivity contribution in [3.05, 3.63) is 84.2 Å². The molecule has 168 valence electrons. The van der Waals surface area contributed by atoms with Gasteiger partial charge in [0.25, 0.3) is 0 Å². The second-order valence-electron chi connectivity index (χ2n) is 7.85. The number of hydrogen-bond donors (Lipinski definition) is 1. The molecule has 9 heteroatoms. The normalized spacial score (nSPS) is 16.6. The van der Waals surface area contributed by atoms with E-state index in [9.17, 15) is 17.6 Å². The first-order chi connectivity index (χ1) is 15.4. The van der Waals surface area contributed by atoms with Gasteiger partial charge in [0.1, 0.15) is 17.7 Å². The first kappa shape index (κ1) is 22.2. The van der Waals surface area contributed by atoms with Crippen LogP contribution >= 0.6 is 0 Å². The van der Waals surface area contributed by atoms with Gasteiger partial charge < -0.3 is 9.88 Å². The molecule has 4 rings (SSSR count). The van der Waals surface area contributed by atoms with E-state index in [1.54, 1.807) is 72.5 Å². The molecule has 1 aromatic heterocycles. The smallest absolute Gasteiger partial charge is 0.243 e. The summed E-state index contributed by atoms with van der Waals surface area (Å²) in [5.41, 5.74) is 0.333. The molecule has 1 aliphatic heterocycles. The van der Waals surface area contributed by atoms with Crippen LogP contribution in [0.5, 0.6) is 0 Å². The van der Waals surface area contributed by atoms with E-state index in [2.05, 4.69) is 10.3 Å². The Kier molecular flexibility index (Phi) is 6.38. The van der Waals surface area contributed by atoms with Crippen molar-refractivity contribution >= 4 is 15.9 Å². The third-order valence-corrected chi connectivity index (χ3v) is 7.74. The van der Waals surface area contributed by atoms with Crippen LogP contribution in [0.1, 0.15) is 30.3 Å². The van der Waals surface area contributed by atoms with Crippen molar-refractivity contribution in [3.8, 4) is 0 Å². The van der Waals surface area contributed by atoms with E-state index < -0.39 is 21.9 Å². The predicted molar refractivity (Wildman–Crippen MR) is 118 cm³/mol. The van der Waals surface area contributed by atoms with Crippen LogP contribution < -0.4 is 5.32 Å². The number of nitrogens with one attached hydrogen (secondary N) is 1. The van der Waals surface area contributed by atoms with Crippen LogP contribution in [0.3, 0.4) is 0 Å². The number of amides is 1. The number of rotatable bonds is 6. The third-order valence-electron chi connectivity index (χ3n) is 5.83. The number of sulfonamides is 1. The Bertz CT molecular complexity index is 1190. The second kappa shape index (κ2) is 9.22. The molecule has 0 saturated carbocycles. The van der Waals surface area contributed by atoms with Crippen molar-refractivity contribution in [2.24, 2.45) is 13.0 Å². The molecule has 1 amide bonds. The zero-order valence-electron chi connectivity index (χ0n) is 17.7. The molecule has 7 nitrogen and oxygen atoms in total. The van der Waals surface area contributed by atoms with Gasteiger partial charge in [-0.05, 0) is 31.0 Å². The summed E-state index contributed by atoms with van der Waals surface area (Å²) >= 11 is 0. The highest BCUT2D eigenvalue weighted by molar-refractivity contribution is 7.89. The quantitative estimate of drug-likeness (QED) is 0.618. The highest BCUT2D eigenvalue weighted by atomic mass is 32.2. The minimum absolute atomic E-state index is 0.238. The van der Waals surface area contributed by atoms with Gasteiger partial charge in [0.2, 0.25) is 15.9 Å². The molecule has 0 aliphatic carbocycles. The van der Waals surface area contributed by atoms with Gasteiger partial charge in [-0.3, -0.25) is 4.79 Å². The molecule has 3 aromatic rings. The van der Waals surface area contributed by atoms with E-state index in [-0.39, 0.29) is 29.8 Å². The molecule has 1 N–H and O–H groups in total. The number of nitrogens with zero attached hydrogens (tertiary/aromatic N) is 3. The van der Waals surface area contributed by atoms with Gasteiger partial charge in [0, 0.05) is 44.0 Å². The number of carbonyl (C=O) groups is 1. The maximum absolute atomic E-state index is 14.5. The molecule has 0 bridgehead atoms. The van der Waals surface area contributed by atoms with Gasteiger partial charge in [0.15, 0.2) is 0 Å². The van der Waals surface area contributed by atoms with Crippen LogP contribution in [0.2, 0.25) is 0 Å². The molecule has 0 unspecified atom stereocenters. The van der Waals surface area contributed by atoms with Gasteiger partial charge in [-0.25, -0.2) is 17.8 Å². The summed E-state index contributed by atoms with van der Waals surface area (Å²) in [5, 5.41) is 2.94. The fourth-order valence-electron chi connectivity index (χ4n) is 4.01. The first-order valence-corrected chi connectivity index (χ1v) is 11.9. The molecular formula is C23H25FN4O3S. The summed E-state index contributed by atoms with van der Waals surface area (Å²) in [6, 6.07) is 13.8. The Balaban J connectivity index is 1.48. The van der Waals surface area contributed by atoms with Crippen LogP contribution in [-0.4, -0.2) is 41.3 Å². The van der Waals surface area contributed by atoms with Gasteiger partial charge in [-0.15, -0.1) is 0 Å². The standard InChI is InChI=1S/C23H25FN4O3S/c1-27-16-13-25-22(27)21(19-9-5-6-10-20(19)24)26-23(29)17-11-14-28(15-12-17)32(30,31)18-7-3-2-4-8-18/h2-10,13,16-17,21H,11-12,14-15H2,1H3,(H,26,29)/t21-/m0/s1. The maximum atomic E-state index is 14.5. The minimum atomic E-state index is -3.59. The fraction of sp³-hybridized carbons (Fsp3) is 0.304. The van der Waals surface area contributed by atoms with Crippen LogP contribution in [0, 0.1) is 11.7 Å². The van der Waals surface area contributed by atoms with E-state index in [1.165, 1.54) is 10.4 Å². The Morgan fingerprint density at radius 3 is 2.38 bits per heavy atom. The Hall–Kier alpha value is -3.04. The average Bonchev–Trinajstić information content (AvgIpc) is 3.24. The number of hydrogen-bond acceptors (Lipinski definition) is 4. The number of piperidine rings is 1. The van der Waals surface area contributed by atoms with Crippen molar-refractivity contribution < 1.29 is 17.6 Å². The molecule has 2 aromatic carbocycles. The third kappa shape index (κ3) is 4.44. The summed E-state index contributed by atoms with van der Waals surface area (Å²) in [7, 11) is -1.80. The molecule has 0 radical (unpaired) electrons. The Morgan fingerprint density at radius 2 is 1.75 bits per heavy atom. The van der Waals surface area contributed by atoms with Crippen molar-refractivity contribution in [2.75, 3.05) is 13.1 Å². The highest BCUT2D eigenvalue weighted by Crippen LogP contribution is 2.27. The SMILES string of the molecule is Cn1ccnc1[C@@H](NC(=O)C1CCN(S(=O)(=O)c2ccccc2)CC1)c1ccccc1F. The predicted octanol–water partition coefficient (Wildman–Crippen LogP) is 2.87. The van der Waals surface area contributed by atoms with Gasteiger partial charge in [-0.2, -0.15) is 4.31 Å². The lowest BCUT2D eigenvalue weighted by molar-refractivity contribution is -0.126. The number of imidazole rings is 1. The van der Waals surface area contributed by atoms with E-state index >= 15 is 0 Å². The van der Waals surface area contributed by atoms with Crippen molar-refractivity contribution in [1.29, 1.82) is 0 Å². The summed E-state index contributed by atoms with van der Waals surface area (Å²) in [6.07, 6.45) is 4.12. The fourth-order valence-corrected chi connectivity index (χ4v) is 5.50. The number of carbonyl (C=O) groups excluding carboxylic acids is 1. The Morgan fingerprint density at radius 1 is 1.09 bits per heavy atom.